The van der Waals surface area contributed by atoms with E-state index < -0.39 is 0 Å². The summed E-state index contributed by atoms with van der Waals surface area (Å²) in [6.07, 6.45) is 4.16. The van der Waals surface area contributed by atoms with Crippen molar-refractivity contribution in [2.45, 2.75) is 20.3 Å². The quantitative estimate of drug-likeness (QED) is 0.521. The van der Waals surface area contributed by atoms with Gasteiger partial charge in [0.25, 0.3) is 0 Å². The second kappa shape index (κ2) is 2.80. The molecule has 0 spiro atoms. The number of ketones is 1. The lowest BCUT2D eigenvalue weighted by molar-refractivity contribution is -0.534. The highest BCUT2D eigenvalue weighted by Gasteiger charge is 2.10. The van der Waals surface area contributed by atoms with Crippen LogP contribution in [0.2, 0.25) is 0 Å². The lowest BCUT2D eigenvalue weighted by Crippen LogP contribution is -2.43. The van der Waals surface area contributed by atoms with Gasteiger partial charge in [0.05, 0.1) is 12.5 Å². The molecule has 0 atom stereocenters. The van der Waals surface area contributed by atoms with E-state index in [2.05, 4.69) is 17.2 Å². The predicted molar refractivity (Wildman–Crippen MR) is 49.5 cm³/mol. The van der Waals surface area contributed by atoms with Crippen LogP contribution >= 0.6 is 0 Å². The number of nitrogens with zero attached hydrogens (tertiary/aromatic N) is 1. The van der Waals surface area contributed by atoms with Gasteiger partial charge >= 0.3 is 0 Å². The number of Topliss-reactive ketones (excluding diaryl/α,β-unsaturated/α-hetero) is 1. The summed E-state index contributed by atoms with van der Waals surface area (Å²) in [5.41, 5.74) is 2.38. The first-order valence-corrected chi connectivity index (χ1v) is 4.40. The number of aryl methyl sites for hydroxylation is 2. The molecule has 0 unspecified atom stereocenters. The van der Waals surface area contributed by atoms with Crippen LogP contribution in [0.15, 0.2) is 12.1 Å². The number of hydrogen-bond donors (Lipinski definition) is 0. The van der Waals surface area contributed by atoms with Crippen molar-refractivity contribution >= 4 is 11.9 Å². The Kier molecular flexibility index (Phi) is 1.76. The molecule has 1 aromatic rings. The van der Waals surface area contributed by atoms with E-state index in [4.69, 9.17) is 0 Å². The third kappa shape index (κ3) is 1.39. The van der Waals surface area contributed by atoms with E-state index in [1.54, 1.807) is 6.08 Å². The molecule has 0 radical (unpaired) electrons. The van der Waals surface area contributed by atoms with Crippen molar-refractivity contribution < 1.29 is 9.04 Å². The topological polar surface area (TPSA) is 23.0 Å². The third-order valence-corrected chi connectivity index (χ3v) is 2.25. The largest absolute Gasteiger partial charge is 0.294 e. The molecule has 1 aliphatic rings. The average Bonchev–Trinajstić information content (AvgIpc) is 2.02. The number of carbonyl (C=O) groups excluding carboxylic acids is 1. The molecular weight excluding hydrogens is 162 g/mol. The van der Waals surface area contributed by atoms with Gasteiger partial charge in [-0.05, 0) is 12.5 Å². The molecule has 1 aromatic heterocycles. The van der Waals surface area contributed by atoms with E-state index in [1.165, 1.54) is 11.3 Å². The van der Waals surface area contributed by atoms with Crippen LogP contribution in [0.3, 0.4) is 0 Å². The van der Waals surface area contributed by atoms with Crippen molar-refractivity contribution in [3.8, 4) is 0 Å². The summed E-state index contributed by atoms with van der Waals surface area (Å²) >= 11 is 0. The van der Waals surface area contributed by atoms with Gasteiger partial charge < -0.3 is 0 Å². The Morgan fingerprint density at radius 1 is 1.31 bits per heavy atom. The SMILES string of the molecule is Cc1cc(C)[n+]2c(c1)=CC(=O)CC=2. The number of pyridine rings is 1. The first-order valence-electron chi connectivity index (χ1n) is 4.40. The van der Waals surface area contributed by atoms with Gasteiger partial charge in [0.15, 0.2) is 17.7 Å². The van der Waals surface area contributed by atoms with Crippen molar-refractivity contribution in [2.24, 2.45) is 0 Å². The van der Waals surface area contributed by atoms with Crippen molar-refractivity contribution in [1.82, 2.24) is 0 Å². The highest BCUT2D eigenvalue weighted by atomic mass is 16.1. The Labute approximate surface area is 76.9 Å². The number of fused-ring (bicyclic) bond motifs is 1. The number of carbonyl (C=O) groups is 1. The molecular formula is C11H12NO+. The maximum atomic E-state index is 11.1. The van der Waals surface area contributed by atoms with Crippen molar-refractivity contribution in [3.63, 3.8) is 0 Å². The molecule has 1 aliphatic heterocycles. The minimum absolute atomic E-state index is 0.185. The van der Waals surface area contributed by atoms with Crippen LogP contribution in [0.4, 0.5) is 0 Å². The van der Waals surface area contributed by atoms with E-state index >= 15 is 0 Å². The fraction of sp³-hybridized carbons (Fsp3) is 0.273. The van der Waals surface area contributed by atoms with Gasteiger partial charge in [-0.25, -0.2) is 0 Å². The molecule has 0 aliphatic carbocycles. The van der Waals surface area contributed by atoms with Crippen molar-refractivity contribution in [3.05, 3.63) is 35.0 Å². The zero-order valence-corrected chi connectivity index (χ0v) is 7.87. The molecule has 13 heavy (non-hydrogen) atoms. The minimum Gasteiger partial charge on any atom is -0.294 e. The standard InChI is InChI=1S/C11H12NO/c1-8-5-9(2)12-4-3-11(13)7-10(12)6-8/h4-7H,3H2,1-2H3/q+1. The van der Waals surface area contributed by atoms with Crippen molar-refractivity contribution in [2.75, 3.05) is 0 Å². The second-order valence-corrected chi connectivity index (χ2v) is 3.47. The van der Waals surface area contributed by atoms with Gasteiger partial charge in [-0.2, -0.15) is 4.24 Å². The second-order valence-electron chi connectivity index (χ2n) is 3.47. The Hall–Kier alpha value is -1.44. The number of rotatable bonds is 0. The first-order chi connectivity index (χ1) is 6.16. The van der Waals surface area contributed by atoms with Crippen LogP contribution in [0, 0.1) is 20.1 Å². The van der Waals surface area contributed by atoms with Gasteiger partial charge in [0.2, 0.25) is 5.35 Å². The Morgan fingerprint density at radius 2 is 2.08 bits per heavy atom. The van der Waals surface area contributed by atoms with E-state index in [-0.39, 0.29) is 5.78 Å². The zero-order valence-electron chi connectivity index (χ0n) is 7.87. The van der Waals surface area contributed by atoms with E-state index in [0.29, 0.717) is 6.42 Å². The van der Waals surface area contributed by atoms with Crippen molar-refractivity contribution in [1.29, 1.82) is 0 Å². The maximum absolute atomic E-state index is 11.1. The van der Waals surface area contributed by atoms with Crippen LogP contribution in [-0.4, -0.2) is 5.78 Å². The number of hydrogen-bond acceptors (Lipinski definition) is 1. The van der Waals surface area contributed by atoms with Gasteiger partial charge in [-0.1, -0.05) is 0 Å². The molecule has 2 rings (SSSR count). The molecule has 0 N–H and O–H groups in total. The Bertz CT molecular complexity index is 486. The fourth-order valence-electron chi connectivity index (χ4n) is 1.71. The molecule has 0 aromatic carbocycles. The van der Waals surface area contributed by atoms with Gasteiger partial charge in [0, 0.05) is 19.1 Å². The summed E-state index contributed by atoms with van der Waals surface area (Å²) in [5.74, 6) is 0.185. The van der Waals surface area contributed by atoms with Gasteiger partial charge in [-0.15, -0.1) is 0 Å². The average molecular weight is 174 g/mol. The van der Waals surface area contributed by atoms with Gasteiger partial charge in [0.1, 0.15) is 0 Å². The van der Waals surface area contributed by atoms with Crippen LogP contribution in [0.25, 0.3) is 6.08 Å². The monoisotopic (exact) mass is 174 g/mol. The molecule has 2 heteroatoms. The fourth-order valence-corrected chi connectivity index (χ4v) is 1.71. The highest BCUT2D eigenvalue weighted by molar-refractivity contribution is 6.06. The van der Waals surface area contributed by atoms with E-state index in [1.807, 2.05) is 19.2 Å². The zero-order chi connectivity index (χ0) is 9.42. The normalized spacial score (nSPS) is 14.5. The Balaban J connectivity index is 2.88. The molecule has 66 valence electrons. The molecule has 0 fully saturated rings. The first kappa shape index (κ1) is 8.17. The summed E-state index contributed by atoms with van der Waals surface area (Å²) < 4.78 is 2.06. The minimum atomic E-state index is 0.185. The summed E-state index contributed by atoms with van der Waals surface area (Å²) in [6, 6.07) is 4.14. The molecule has 2 heterocycles. The summed E-state index contributed by atoms with van der Waals surface area (Å²) in [6.45, 7) is 4.09. The van der Waals surface area contributed by atoms with Crippen LogP contribution in [0.5, 0.6) is 0 Å². The lowest BCUT2D eigenvalue weighted by atomic mass is 10.2. The smallest absolute Gasteiger partial charge is 0.214 e. The predicted octanol–water partition coefficient (Wildman–Crippen LogP) is 0.354. The third-order valence-electron chi connectivity index (χ3n) is 2.25. The molecule has 2 nitrogen and oxygen atoms in total. The van der Waals surface area contributed by atoms with E-state index in [9.17, 15) is 4.79 Å². The maximum Gasteiger partial charge on any atom is 0.214 e. The lowest BCUT2D eigenvalue weighted by Gasteiger charge is -1.96. The summed E-state index contributed by atoms with van der Waals surface area (Å²) in [4.78, 5) is 11.1. The van der Waals surface area contributed by atoms with Gasteiger partial charge in [-0.3, -0.25) is 4.79 Å². The highest BCUT2D eigenvalue weighted by Crippen LogP contribution is 1.95. The van der Waals surface area contributed by atoms with Crippen LogP contribution < -0.4 is 9.59 Å². The molecule has 0 saturated heterocycles. The van der Waals surface area contributed by atoms with E-state index in [0.717, 1.165) is 5.35 Å². The summed E-state index contributed by atoms with van der Waals surface area (Å²) in [5, 5.41) is 0.994. The van der Waals surface area contributed by atoms with Crippen LogP contribution in [-0.2, 0) is 4.79 Å². The molecule has 0 amide bonds. The van der Waals surface area contributed by atoms with Crippen LogP contribution in [0.1, 0.15) is 17.7 Å². The molecule has 0 bridgehead atoms. The number of aromatic nitrogens is 1. The Morgan fingerprint density at radius 3 is 2.85 bits per heavy atom. The molecule has 0 saturated carbocycles. The summed E-state index contributed by atoms with van der Waals surface area (Å²) in [7, 11) is 0.